The van der Waals surface area contributed by atoms with E-state index in [-0.39, 0.29) is 6.16 Å². The highest BCUT2D eigenvalue weighted by Gasteiger charge is 2.12. The van der Waals surface area contributed by atoms with Crippen LogP contribution in [0.1, 0.15) is 5.56 Å². The van der Waals surface area contributed by atoms with Gasteiger partial charge < -0.3 is 15.5 Å². The second kappa shape index (κ2) is 6.42. The van der Waals surface area contributed by atoms with Gasteiger partial charge in [-0.05, 0) is 24.6 Å². The van der Waals surface area contributed by atoms with E-state index in [1.54, 1.807) is 0 Å². The van der Waals surface area contributed by atoms with Crippen molar-refractivity contribution in [2.24, 2.45) is 5.73 Å². The molecule has 0 radical (unpaired) electrons. The lowest BCUT2D eigenvalue weighted by molar-refractivity contribution is 0.375. The van der Waals surface area contributed by atoms with Crippen molar-refractivity contribution in [3.05, 3.63) is 29.8 Å². The van der Waals surface area contributed by atoms with Crippen LogP contribution in [0.25, 0.3) is 0 Å². The fraction of sp³-hybridized carbons (Fsp3) is 0.400. The van der Waals surface area contributed by atoms with Gasteiger partial charge in [-0.25, -0.2) is 0 Å². The van der Waals surface area contributed by atoms with Crippen LogP contribution in [0.15, 0.2) is 29.2 Å². The van der Waals surface area contributed by atoms with E-state index >= 15 is 0 Å². The Morgan fingerprint density at radius 2 is 2.00 bits per heavy atom. The largest absolute Gasteiger partial charge is 0.330 e. The molecule has 1 aromatic carbocycles. The molecule has 0 fully saturated rings. The number of benzene rings is 1. The van der Waals surface area contributed by atoms with E-state index in [2.05, 4.69) is 0 Å². The Kier molecular flexibility index (Phi) is 5.52. The molecule has 0 aliphatic heterocycles. The quantitative estimate of drug-likeness (QED) is 0.533. The Bertz CT molecular complexity index is 380. The summed E-state index contributed by atoms with van der Waals surface area (Å²) in [5, 5.41) is 0. The molecule has 0 heterocycles. The molecule has 0 spiro atoms. The Labute approximate surface area is 99.4 Å². The molecule has 16 heavy (non-hydrogen) atoms. The molecule has 0 aliphatic rings. The van der Waals surface area contributed by atoms with Crippen LogP contribution in [-0.4, -0.2) is 28.2 Å². The summed E-state index contributed by atoms with van der Waals surface area (Å²) < 4.78 is 10.7. The molecule has 90 valence electrons. The molecule has 1 aromatic rings. The van der Waals surface area contributed by atoms with Crippen LogP contribution in [0.4, 0.5) is 0 Å². The lowest BCUT2D eigenvalue weighted by Gasteiger charge is -2.08. The molecule has 0 aliphatic carbocycles. The predicted octanol–water partition coefficient (Wildman–Crippen LogP) is 1.46. The van der Waals surface area contributed by atoms with Crippen LogP contribution in [0.3, 0.4) is 0 Å². The Hall–Kier alpha value is -0.320. The maximum Gasteiger partial charge on any atom is 0.326 e. The molecule has 4 N–H and O–H groups in total. The smallest absolute Gasteiger partial charge is 0.326 e. The summed E-state index contributed by atoms with van der Waals surface area (Å²) in [4.78, 5) is 18.5. The normalized spacial score (nSPS) is 11.7. The van der Waals surface area contributed by atoms with Crippen LogP contribution >= 0.6 is 19.4 Å². The molecule has 0 amide bonds. The topological polar surface area (TPSA) is 83.6 Å². The van der Waals surface area contributed by atoms with Crippen LogP contribution < -0.4 is 5.73 Å². The first-order valence-corrected chi connectivity index (χ1v) is 7.76. The standard InChI is InChI=1S/C10H16NO3PS/c11-6-5-9-3-1-2-4-10(9)16-8-7-15(12,13)14/h1-4H,5-8,11H2,(H2,12,13,14). The summed E-state index contributed by atoms with van der Waals surface area (Å²) in [5.74, 6) is 0.422. The molecular formula is C10H16NO3PS. The highest BCUT2D eigenvalue weighted by Crippen LogP contribution is 2.36. The summed E-state index contributed by atoms with van der Waals surface area (Å²) >= 11 is 1.47. The monoisotopic (exact) mass is 261 g/mol. The van der Waals surface area contributed by atoms with Gasteiger partial charge in [0.05, 0.1) is 6.16 Å². The van der Waals surface area contributed by atoms with Crippen molar-refractivity contribution in [2.45, 2.75) is 11.3 Å². The highest BCUT2D eigenvalue weighted by molar-refractivity contribution is 7.99. The van der Waals surface area contributed by atoms with Gasteiger partial charge in [0.15, 0.2) is 0 Å². The van der Waals surface area contributed by atoms with Crippen molar-refractivity contribution in [1.82, 2.24) is 0 Å². The average Bonchev–Trinajstić information content (AvgIpc) is 2.19. The third-order valence-electron chi connectivity index (χ3n) is 2.03. The minimum Gasteiger partial charge on any atom is -0.330 e. The maximum atomic E-state index is 10.7. The van der Waals surface area contributed by atoms with Gasteiger partial charge in [0, 0.05) is 10.6 Å². The minimum absolute atomic E-state index is 0.0887. The van der Waals surface area contributed by atoms with Crippen molar-refractivity contribution in [1.29, 1.82) is 0 Å². The molecule has 1 rings (SSSR count). The van der Waals surface area contributed by atoms with E-state index in [1.807, 2.05) is 24.3 Å². The SMILES string of the molecule is NCCc1ccccc1SCCP(=O)(O)O. The molecule has 0 aromatic heterocycles. The molecule has 0 saturated carbocycles. The van der Waals surface area contributed by atoms with Gasteiger partial charge in [0.2, 0.25) is 0 Å². The fourth-order valence-electron chi connectivity index (χ4n) is 1.28. The second-order valence-corrected chi connectivity index (χ2v) is 6.30. The molecular weight excluding hydrogens is 245 g/mol. The van der Waals surface area contributed by atoms with Gasteiger partial charge in [-0.2, -0.15) is 0 Å². The molecule has 4 nitrogen and oxygen atoms in total. The zero-order chi connectivity index (χ0) is 12.0. The minimum atomic E-state index is -3.88. The molecule has 0 unspecified atom stereocenters. The molecule has 0 saturated heterocycles. The molecule has 0 atom stereocenters. The Balaban J connectivity index is 2.56. The Morgan fingerprint density at radius 3 is 2.62 bits per heavy atom. The van der Waals surface area contributed by atoms with E-state index in [0.29, 0.717) is 12.3 Å². The lowest BCUT2D eigenvalue weighted by atomic mass is 10.1. The third-order valence-corrected chi connectivity index (χ3v) is 4.25. The van der Waals surface area contributed by atoms with Crippen molar-refractivity contribution in [3.8, 4) is 0 Å². The van der Waals surface area contributed by atoms with E-state index in [4.69, 9.17) is 15.5 Å². The highest BCUT2D eigenvalue weighted by atomic mass is 32.2. The van der Waals surface area contributed by atoms with Crippen molar-refractivity contribution in [3.63, 3.8) is 0 Å². The number of nitrogens with two attached hydrogens (primary N) is 1. The average molecular weight is 261 g/mol. The van der Waals surface area contributed by atoms with Crippen LogP contribution in [0.2, 0.25) is 0 Å². The lowest BCUT2D eigenvalue weighted by Crippen LogP contribution is -2.03. The van der Waals surface area contributed by atoms with E-state index in [1.165, 1.54) is 11.8 Å². The van der Waals surface area contributed by atoms with Gasteiger partial charge in [-0.15, -0.1) is 11.8 Å². The zero-order valence-corrected chi connectivity index (χ0v) is 10.6. The summed E-state index contributed by atoms with van der Waals surface area (Å²) in [6.45, 7) is 0.579. The van der Waals surface area contributed by atoms with Gasteiger partial charge >= 0.3 is 7.60 Å². The van der Waals surface area contributed by atoms with Crippen molar-refractivity contribution in [2.75, 3.05) is 18.5 Å². The van der Waals surface area contributed by atoms with Crippen molar-refractivity contribution >= 4 is 19.4 Å². The number of thioether (sulfide) groups is 1. The van der Waals surface area contributed by atoms with Crippen LogP contribution in [0.5, 0.6) is 0 Å². The van der Waals surface area contributed by atoms with Gasteiger partial charge in [0.1, 0.15) is 0 Å². The van der Waals surface area contributed by atoms with E-state index < -0.39 is 7.60 Å². The summed E-state index contributed by atoms with van der Waals surface area (Å²) in [7, 11) is -3.88. The third kappa shape index (κ3) is 5.14. The Morgan fingerprint density at radius 1 is 1.31 bits per heavy atom. The zero-order valence-electron chi connectivity index (χ0n) is 8.87. The first-order valence-electron chi connectivity index (χ1n) is 4.98. The first kappa shape index (κ1) is 13.7. The number of hydrogen-bond acceptors (Lipinski definition) is 3. The summed E-state index contributed by atoms with van der Waals surface area (Å²) in [6, 6.07) is 7.81. The summed E-state index contributed by atoms with van der Waals surface area (Å²) in [5.41, 5.74) is 6.63. The first-order chi connectivity index (χ1) is 7.53. The van der Waals surface area contributed by atoms with Gasteiger partial charge in [0.25, 0.3) is 0 Å². The summed E-state index contributed by atoms with van der Waals surface area (Å²) in [6.07, 6.45) is 0.702. The van der Waals surface area contributed by atoms with Crippen LogP contribution in [-0.2, 0) is 11.0 Å². The number of rotatable bonds is 6. The van der Waals surface area contributed by atoms with E-state index in [0.717, 1.165) is 16.9 Å². The van der Waals surface area contributed by atoms with Crippen LogP contribution in [0, 0.1) is 0 Å². The molecule has 6 heteroatoms. The number of hydrogen-bond donors (Lipinski definition) is 3. The van der Waals surface area contributed by atoms with Gasteiger partial charge in [-0.1, -0.05) is 18.2 Å². The maximum absolute atomic E-state index is 10.7. The van der Waals surface area contributed by atoms with Crippen molar-refractivity contribution < 1.29 is 14.4 Å². The molecule has 0 bridgehead atoms. The second-order valence-electron chi connectivity index (χ2n) is 3.38. The predicted molar refractivity (Wildman–Crippen MR) is 66.8 cm³/mol. The fourth-order valence-corrected chi connectivity index (χ4v) is 3.35. The van der Waals surface area contributed by atoms with Gasteiger partial charge in [-0.3, -0.25) is 4.57 Å². The van der Waals surface area contributed by atoms with E-state index in [9.17, 15) is 4.57 Å².